The lowest BCUT2D eigenvalue weighted by Gasteiger charge is -2.09. The quantitative estimate of drug-likeness (QED) is 0.327. The van der Waals surface area contributed by atoms with Crippen molar-refractivity contribution < 1.29 is 27.6 Å². The molecule has 0 saturated carbocycles. The number of aromatic nitrogens is 2. The average Bonchev–Trinajstić information content (AvgIpc) is 3.03. The van der Waals surface area contributed by atoms with E-state index in [0.717, 1.165) is 0 Å². The van der Waals surface area contributed by atoms with Gasteiger partial charge in [-0.3, -0.25) is 19.3 Å². The Labute approximate surface area is 162 Å². The molecule has 10 heteroatoms. The number of rotatable bonds is 7. The largest absolute Gasteiger partial charge is 0.573 e. The Balaban J connectivity index is 1.79. The van der Waals surface area contributed by atoms with Gasteiger partial charge in [0.05, 0.1) is 16.8 Å². The average molecular weight is 407 g/mol. The van der Waals surface area contributed by atoms with Gasteiger partial charge in [0.25, 0.3) is 5.69 Å². The lowest BCUT2D eigenvalue weighted by atomic mass is 10.0. The van der Waals surface area contributed by atoms with Gasteiger partial charge in [0.1, 0.15) is 17.1 Å². The molecule has 0 radical (unpaired) electrons. The second-order valence-electron chi connectivity index (χ2n) is 6.25. The number of nitro groups is 1. The number of alkyl halides is 3. The summed E-state index contributed by atoms with van der Waals surface area (Å²) in [5.74, 6) is -0.597. The fourth-order valence-electron chi connectivity index (χ4n) is 2.97. The van der Waals surface area contributed by atoms with Gasteiger partial charge in [0.15, 0.2) is 5.78 Å². The second kappa shape index (κ2) is 7.90. The van der Waals surface area contributed by atoms with Crippen molar-refractivity contribution in [1.82, 2.24) is 9.38 Å². The van der Waals surface area contributed by atoms with Crippen molar-refractivity contribution in [3.63, 3.8) is 0 Å². The van der Waals surface area contributed by atoms with Crippen LogP contribution in [0, 0.1) is 10.1 Å². The first kappa shape index (κ1) is 20.3. The number of pyridine rings is 1. The molecule has 0 aliphatic carbocycles. The van der Waals surface area contributed by atoms with E-state index in [-0.39, 0.29) is 35.8 Å². The van der Waals surface area contributed by atoms with E-state index in [0.29, 0.717) is 23.3 Å². The number of benzene rings is 1. The highest BCUT2D eigenvalue weighted by molar-refractivity contribution is 5.96. The standard InChI is InChI=1S/C19H16F3N3O4/c1-2-15-18(24-11-13(25(27)28)6-10-17(24)23-15)16(26)9-5-12-3-7-14(8-4-12)29-19(20,21)22/h3-4,6-8,10-11H,2,5,9H2,1H3. The molecule has 0 amide bonds. The number of hydrogen-bond acceptors (Lipinski definition) is 5. The van der Waals surface area contributed by atoms with Gasteiger partial charge >= 0.3 is 6.36 Å². The van der Waals surface area contributed by atoms with Crippen molar-refractivity contribution in [3.05, 3.63) is 69.7 Å². The van der Waals surface area contributed by atoms with Gasteiger partial charge in [-0.25, -0.2) is 4.98 Å². The zero-order valence-corrected chi connectivity index (χ0v) is 15.3. The highest BCUT2D eigenvalue weighted by Crippen LogP contribution is 2.24. The molecule has 1 aromatic carbocycles. The predicted molar refractivity (Wildman–Crippen MR) is 97.0 cm³/mol. The molecule has 3 rings (SSSR count). The van der Waals surface area contributed by atoms with E-state index in [2.05, 4.69) is 9.72 Å². The zero-order valence-electron chi connectivity index (χ0n) is 15.3. The molecule has 3 aromatic rings. The lowest BCUT2D eigenvalue weighted by Crippen LogP contribution is -2.17. The summed E-state index contributed by atoms with van der Waals surface area (Å²) in [7, 11) is 0. The van der Waals surface area contributed by atoms with Gasteiger partial charge in [0, 0.05) is 12.5 Å². The van der Waals surface area contributed by atoms with Gasteiger partial charge in [-0.1, -0.05) is 19.1 Å². The van der Waals surface area contributed by atoms with Crippen LogP contribution in [0.5, 0.6) is 5.75 Å². The minimum absolute atomic E-state index is 0.0724. The molecule has 29 heavy (non-hydrogen) atoms. The fourth-order valence-corrected chi connectivity index (χ4v) is 2.97. The molecule has 7 nitrogen and oxygen atoms in total. The van der Waals surface area contributed by atoms with Crippen LogP contribution >= 0.6 is 0 Å². The molecule has 0 unspecified atom stereocenters. The molecule has 0 aliphatic rings. The third kappa shape index (κ3) is 4.71. The van der Waals surface area contributed by atoms with Crippen molar-refractivity contribution in [1.29, 1.82) is 0 Å². The van der Waals surface area contributed by atoms with Crippen LogP contribution in [0.1, 0.15) is 35.1 Å². The van der Waals surface area contributed by atoms with Crippen molar-refractivity contribution in [2.45, 2.75) is 32.5 Å². The van der Waals surface area contributed by atoms with Crippen LogP contribution in [-0.4, -0.2) is 26.5 Å². The summed E-state index contributed by atoms with van der Waals surface area (Å²) in [6.45, 7) is 1.83. The SMILES string of the molecule is CCc1nc2ccc([N+](=O)[O-])cn2c1C(=O)CCc1ccc(OC(F)(F)F)cc1. The summed E-state index contributed by atoms with van der Waals surface area (Å²) in [6.07, 6.45) is -2.67. The maximum atomic E-state index is 12.8. The Morgan fingerprint density at radius 1 is 1.21 bits per heavy atom. The third-order valence-corrected chi connectivity index (χ3v) is 4.28. The van der Waals surface area contributed by atoms with E-state index < -0.39 is 11.3 Å². The Morgan fingerprint density at radius 3 is 2.48 bits per heavy atom. The van der Waals surface area contributed by atoms with Crippen LogP contribution in [0.15, 0.2) is 42.6 Å². The summed E-state index contributed by atoms with van der Waals surface area (Å²) in [5, 5.41) is 11.0. The number of ether oxygens (including phenoxy) is 1. The molecule has 0 aliphatic heterocycles. The number of Topliss-reactive ketones (excluding diaryl/α,β-unsaturated/α-hetero) is 1. The van der Waals surface area contributed by atoms with Crippen LogP contribution < -0.4 is 4.74 Å². The second-order valence-corrected chi connectivity index (χ2v) is 6.25. The maximum Gasteiger partial charge on any atom is 0.573 e. The molecule has 0 N–H and O–H groups in total. The summed E-state index contributed by atoms with van der Waals surface area (Å²) < 4.78 is 41.9. The number of aryl methyl sites for hydroxylation is 2. The number of hydrogen-bond donors (Lipinski definition) is 0. The molecule has 0 atom stereocenters. The molecule has 152 valence electrons. The number of halogens is 3. The van der Waals surface area contributed by atoms with E-state index in [1.165, 1.54) is 47.0 Å². The molecule has 2 aromatic heterocycles. The van der Waals surface area contributed by atoms with Crippen LogP contribution in [0.4, 0.5) is 18.9 Å². The molecular weight excluding hydrogens is 391 g/mol. The predicted octanol–water partition coefficient (Wildman–Crippen LogP) is 4.52. The molecule has 0 fully saturated rings. The summed E-state index contributed by atoms with van der Waals surface area (Å²) in [4.78, 5) is 27.6. The summed E-state index contributed by atoms with van der Waals surface area (Å²) in [6, 6.07) is 8.07. The van der Waals surface area contributed by atoms with Crippen molar-refractivity contribution in [3.8, 4) is 5.75 Å². The Bertz CT molecular complexity index is 1060. The van der Waals surface area contributed by atoms with E-state index in [1.54, 1.807) is 0 Å². The maximum absolute atomic E-state index is 12.8. The molecular formula is C19H16F3N3O4. The normalized spacial score (nSPS) is 11.6. The summed E-state index contributed by atoms with van der Waals surface area (Å²) >= 11 is 0. The first-order valence-electron chi connectivity index (χ1n) is 8.71. The van der Waals surface area contributed by atoms with Crippen LogP contribution in [0.2, 0.25) is 0 Å². The number of nitrogens with zero attached hydrogens (tertiary/aromatic N) is 3. The number of fused-ring (bicyclic) bond motifs is 1. The van der Waals surface area contributed by atoms with Gasteiger partial charge < -0.3 is 4.74 Å². The number of carbonyl (C=O) groups is 1. The fraction of sp³-hybridized carbons (Fsp3) is 0.263. The van der Waals surface area contributed by atoms with Crippen LogP contribution in [0.25, 0.3) is 5.65 Å². The molecule has 0 saturated heterocycles. The Hall–Kier alpha value is -3.43. The van der Waals surface area contributed by atoms with Crippen LogP contribution in [0.3, 0.4) is 0 Å². The topological polar surface area (TPSA) is 86.7 Å². The molecule has 2 heterocycles. The van der Waals surface area contributed by atoms with E-state index >= 15 is 0 Å². The monoisotopic (exact) mass is 407 g/mol. The highest BCUT2D eigenvalue weighted by Gasteiger charge is 2.31. The highest BCUT2D eigenvalue weighted by atomic mass is 19.4. The zero-order chi connectivity index (χ0) is 21.2. The van der Waals surface area contributed by atoms with E-state index in [4.69, 9.17) is 0 Å². The molecule has 0 spiro atoms. The third-order valence-electron chi connectivity index (χ3n) is 4.28. The number of carbonyl (C=O) groups excluding carboxylic acids is 1. The van der Waals surface area contributed by atoms with Gasteiger partial charge in [-0.05, 0) is 36.6 Å². The van der Waals surface area contributed by atoms with Crippen LogP contribution in [-0.2, 0) is 12.8 Å². The minimum atomic E-state index is -4.76. The first-order chi connectivity index (χ1) is 13.7. The number of ketones is 1. The van der Waals surface area contributed by atoms with Crippen molar-refractivity contribution >= 4 is 17.1 Å². The lowest BCUT2D eigenvalue weighted by molar-refractivity contribution is -0.385. The van der Waals surface area contributed by atoms with Crippen molar-refractivity contribution in [2.75, 3.05) is 0 Å². The van der Waals surface area contributed by atoms with E-state index in [9.17, 15) is 28.1 Å². The number of imidazole rings is 1. The molecule has 0 bridgehead atoms. The van der Waals surface area contributed by atoms with Gasteiger partial charge in [-0.2, -0.15) is 0 Å². The minimum Gasteiger partial charge on any atom is -0.406 e. The summed E-state index contributed by atoms with van der Waals surface area (Å²) in [5.41, 5.74) is 1.75. The van der Waals surface area contributed by atoms with Gasteiger partial charge in [0.2, 0.25) is 0 Å². The van der Waals surface area contributed by atoms with Crippen molar-refractivity contribution in [2.24, 2.45) is 0 Å². The van der Waals surface area contributed by atoms with Gasteiger partial charge in [-0.15, -0.1) is 13.2 Å². The smallest absolute Gasteiger partial charge is 0.406 e. The Kier molecular flexibility index (Phi) is 5.53. The Morgan fingerprint density at radius 2 is 1.90 bits per heavy atom. The van der Waals surface area contributed by atoms with E-state index in [1.807, 2.05) is 6.92 Å². The first-order valence-corrected chi connectivity index (χ1v) is 8.71.